The Morgan fingerprint density at radius 2 is 2.07 bits per heavy atom. The summed E-state index contributed by atoms with van der Waals surface area (Å²) in [4.78, 5) is 22.7. The van der Waals surface area contributed by atoms with Crippen molar-refractivity contribution in [2.45, 2.75) is 39.5 Å². The van der Waals surface area contributed by atoms with Crippen molar-refractivity contribution in [3.63, 3.8) is 0 Å². The molecular formula is C11H18O3. The normalized spacial score (nSPS) is 27.0. The summed E-state index contributed by atoms with van der Waals surface area (Å²) in [6, 6.07) is 0. The molecule has 14 heavy (non-hydrogen) atoms. The van der Waals surface area contributed by atoms with E-state index >= 15 is 0 Å². The van der Waals surface area contributed by atoms with Crippen molar-refractivity contribution in [3.8, 4) is 0 Å². The highest BCUT2D eigenvalue weighted by molar-refractivity contribution is 6.34. The average Bonchev–Trinajstić information content (AvgIpc) is 2.17. The number of hydrogen-bond donors (Lipinski definition) is 0. The van der Waals surface area contributed by atoms with Crippen LogP contribution in [0, 0.1) is 11.8 Å². The highest BCUT2D eigenvalue weighted by Crippen LogP contribution is 2.29. The molecule has 0 N–H and O–H groups in total. The van der Waals surface area contributed by atoms with Gasteiger partial charge in [-0.2, -0.15) is 0 Å². The SMILES string of the molecule is CCOC(=O)C(=O)C1CCCC(C)C1. The molecule has 2 atom stereocenters. The van der Waals surface area contributed by atoms with Crippen LogP contribution in [0.3, 0.4) is 0 Å². The predicted molar refractivity (Wildman–Crippen MR) is 52.8 cm³/mol. The Balaban J connectivity index is 2.47. The third-order valence-electron chi connectivity index (χ3n) is 2.78. The zero-order valence-electron chi connectivity index (χ0n) is 8.91. The Morgan fingerprint density at radius 1 is 1.36 bits per heavy atom. The summed E-state index contributed by atoms with van der Waals surface area (Å²) < 4.78 is 4.70. The number of carbonyl (C=O) groups is 2. The van der Waals surface area contributed by atoms with E-state index in [0.29, 0.717) is 5.92 Å². The second-order valence-electron chi connectivity index (χ2n) is 4.05. The molecule has 0 aromatic carbocycles. The van der Waals surface area contributed by atoms with Gasteiger partial charge in [-0.1, -0.05) is 19.8 Å². The van der Waals surface area contributed by atoms with Crippen LogP contribution in [-0.4, -0.2) is 18.4 Å². The topological polar surface area (TPSA) is 43.4 Å². The van der Waals surface area contributed by atoms with Crippen molar-refractivity contribution in [1.82, 2.24) is 0 Å². The van der Waals surface area contributed by atoms with Crippen molar-refractivity contribution in [3.05, 3.63) is 0 Å². The van der Waals surface area contributed by atoms with Gasteiger partial charge in [0.2, 0.25) is 5.78 Å². The maximum atomic E-state index is 11.6. The summed E-state index contributed by atoms with van der Waals surface area (Å²) in [7, 11) is 0. The first-order valence-corrected chi connectivity index (χ1v) is 5.36. The summed E-state index contributed by atoms with van der Waals surface area (Å²) in [5, 5.41) is 0. The molecule has 0 spiro atoms. The predicted octanol–water partition coefficient (Wildman–Crippen LogP) is 1.94. The highest BCUT2D eigenvalue weighted by atomic mass is 16.5. The first-order chi connectivity index (χ1) is 6.65. The molecular weight excluding hydrogens is 180 g/mol. The zero-order valence-corrected chi connectivity index (χ0v) is 8.91. The van der Waals surface area contributed by atoms with Crippen molar-refractivity contribution in [1.29, 1.82) is 0 Å². The molecule has 1 aliphatic carbocycles. The van der Waals surface area contributed by atoms with Crippen LogP contribution in [0.4, 0.5) is 0 Å². The third-order valence-corrected chi connectivity index (χ3v) is 2.78. The van der Waals surface area contributed by atoms with E-state index in [1.807, 2.05) is 0 Å². The Morgan fingerprint density at radius 3 is 2.64 bits per heavy atom. The molecule has 1 fully saturated rings. The molecule has 0 aromatic rings. The maximum absolute atomic E-state index is 11.6. The Bertz CT molecular complexity index is 223. The molecule has 1 aliphatic rings. The van der Waals surface area contributed by atoms with Crippen molar-refractivity contribution in [2.24, 2.45) is 11.8 Å². The molecule has 1 rings (SSSR count). The average molecular weight is 198 g/mol. The van der Waals surface area contributed by atoms with E-state index in [4.69, 9.17) is 4.74 Å². The number of rotatable bonds is 3. The first-order valence-electron chi connectivity index (χ1n) is 5.36. The Kier molecular flexibility index (Phi) is 4.11. The molecule has 2 unspecified atom stereocenters. The van der Waals surface area contributed by atoms with E-state index in [-0.39, 0.29) is 18.3 Å². The fraction of sp³-hybridized carbons (Fsp3) is 0.818. The summed E-state index contributed by atoms with van der Waals surface area (Å²) in [6.45, 7) is 4.13. The van der Waals surface area contributed by atoms with E-state index in [9.17, 15) is 9.59 Å². The van der Waals surface area contributed by atoms with Crippen LogP contribution in [0.25, 0.3) is 0 Å². The van der Waals surface area contributed by atoms with Gasteiger partial charge in [-0.05, 0) is 25.7 Å². The first kappa shape index (κ1) is 11.2. The molecule has 0 saturated heterocycles. The van der Waals surface area contributed by atoms with Crippen LogP contribution < -0.4 is 0 Å². The Labute approximate surface area is 84.8 Å². The molecule has 0 amide bonds. The van der Waals surface area contributed by atoms with E-state index in [1.54, 1.807) is 6.92 Å². The summed E-state index contributed by atoms with van der Waals surface area (Å²) in [6.07, 6.45) is 3.92. The summed E-state index contributed by atoms with van der Waals surface area (Å²) >= 11 is 0. The minimum absolute atomic E-state index is 0.0854. The van der Waals surface area contributed by atoms with Gasteiger partial charge in [-0.3, -0.25) is 4.79 Å². The van der Waals surface area contributed by atoms with Crippen LogP contribution in [-0.2, 0) is 14.3 Å². The molecule has 0 aromatic heterocycles. The van der Waals surface area contributed by atoms with Gasteiger partial charge in [0.25, 0.3) is 0 Å². The van der Waals surface area contributed by atoms with Crippen LogP contribution in [0.15, 0.2) is 0 Å². The van der Waals surface area contributed by atoms with Gasteiger partial charge >= 0.3 is 5.97 Å². The van der Waals surface area contributed by atoms with Crippen molar-refractivity contribution >= 4 is 11.8 Å². The van der Waals surface area contributed by atoms with Gasteiger partial charge in [-0.25, -0.2) is 4.79 Å². The number of carbonyl (C=O) groups excluding carboxylic acids is 2. The largest absolute Gasteiger partial charge is 0.460 e. The summed E-state index contributed by atoms with van der Waals surface area (Å²) in [5.74, 6) is -0.491. The van der Waals surface area contributed by atoms with E-state index < -0.39 is 5.97 Å². The van der Waals surface area contributed by atoms with Gasteiger partial charge in [-0.15, -0.1) is 0 Å². The number of ether oxygens (including phenoxy) is 1. The van der Waals surface area contributed by atoms with Crippen molar-refractivity contribution in [2.75, 3.05) is 6.61 Å². The number of esters is 1. The quantitative estimate of drug-likeness (QED) is 0.514. The van der Waals surface area contributed by atoms with Gasteiger partial charge in [0.1, 0.15) is 0 Å². The fourth-order valence-corrected chi connectivity index (χ4v) is 2.04. The molecule has 1 saturated carbocycles. The van der Waals surface area contributed by atoms with E-state index in [1.165, 1.54) is 6.42 Å². The molecule has 0 aliphatic heterocycles. The molecule has 3 heteroatoms. The zero-order chi connectivity index (χ0) is 10.6. The van der Waals surface area contributed by atoms with Gasteiger partial charge in [0.15, 0.2) is 0 Å². The minimum atomic E-state index is -0.647. The lowest BCUT2D eigenvalue weighted by Crippen LogP contribution is -2.29. The molecule has 3 nitrogen and oxygen atoms in total. The van der Waals surface area contributed by atoms with E-state index in [2.05, 4.69) is 6.92 Å². The highest BCUT2D eigenvalue weighted by Gasteiger charge is 2.30. The minimum Gasteiger partial charge on any atom is -0.460 e. The Hall–Kier alpha value is -0.860. The third kappa shape index (κ3) is 2.82. The molecule has 0 heterocycles. The maximum Gasteiger partial charge on any atom is 0.374 e. The number of Topliss-reactive ketones (excluding diaryl/α,β-unsaturated/α-hetero) is 1. The lowest BCUT2D eigenvalue weighted by molar-refractivity contribution is -0.156. The molecule has 80 valence electrons. The van der Waals surface area contributed by atoms with Crippen LogP contribution >= 0.6 is 0 Å². The second kappa shape index (κ2) is 5.13. The van der Waals surface area contributed by atoms with Crippen molar-refractivity contribution < 1.29 is 14.3 Å². The number of hydrogen-bond acceptors (Lipinski definition) is 3. The number of ketones is 1. The van der Waals surface area contributed by atoms with Gasteiger partial charge in [0.05, 0.1) is 6.61 Å². The summed E-state index contributed by atoms with van der Waals surface area (Å²) in [5.41, 5.74) is 0. The monoisotopic (exact) mass is 198 g/mol. The smallest absolute Gasteiger partial charge is 0.374 e. The van der Waals surface area contributed by atoms with Crippen LogP contribution in [0.2, 0.25) is 0 Å². The molecule has 0 radical (unpaired) electrons. The van der Waals surface area contributed by atoms with E-state index in [0.717, 1.165) is 19.3 Å². The van der Waals surface area contributed by atoms with Gasteiger partial charge < -0.3 is 4.74 Å². The lowest BCUT2D eigenvalue weighted by Gasteiger charge is -2.24. The lowest BCUT2D eigenvalue weighted by atomic mass is 9.80. The molecule has 0 bridgehead atoms. The van der Waals surface area contributed by atoms with Gasteiger partial charge in [0, 0.05) is 5.92 Å². The fourth-order valence-electron chi connectivity index (χ4n) is 2.04. The second-order valence-corrected chi connectivity index (χ2v) is 4.05. The van der Waals surface area contributed by atoms with Crippen LogP contribution in [0.1, 0.15) is 39.5 Å². The van der Waals surface area contributed by atoms with Crippen LogP contribution in [0.5, 0.6) is 0 Å². The standard InChI is InChI=1S/C11H18O3/c1-3-14-11(13)10(12)9-6-4-5-8(2)7-9/h8-9H,3-7H2,1-2H3.